The molecule has 0 radical (unpaired) electrons. The van der Waals surface area contributed by atoms with Crippen LogP contribution in [0.2, 0.25) is 0 Å². The van der Waals surface area contributed by atoms with Crippen LogP contribution >= 0.6 is 0 Å². The molecular weight excluding hydrogens is 554 g/mol. The van der Waals surface area contributed by atoms with Crippen LogP contribution in [0.4, 0.5) is 4.79 Å². The summed E-state index contributed by atoms with van der Waals surface area (Å²) in [5, 5.41) is 0. The van der Waals surface area contributed by atoms with Gasteiger partial charge in [-0.2, -0.15) is 0 Å². The van der Waals surface area contributed by atoms with Gasteiger partial charge < -0.3 is 18.9 Å². The van der Waals surface area contributed by atoms with Gasteiger partial charge in [0.2, 0.25) is 0 Å². The van der Waals surface area contributed by atoms with E-state index in [-0.39, 0.29) is 6.42 Å². The van der Waals surface area contributed by atoms with Crippen molar-refractivity contribution < 1.29 is 28.5 Å². The van der Waals surface area contributed by atoms with Crippen molar-refractivity contribution in [1.29, 1.82) is 0 Å². The molecule has 1 aliphatic rings. The van der Waals surface area contributed by atoms with Gasteiger partial charge in [0.15, 0.2) is 17.6 Å². The molecule has 3 atom stereocenters. The minimum Gasteiger partial charge on any atom is -0.493 e. The number of hydrogen-bond donors (Lipinski definition) is 0. The molecule has 0 N–H and O–H groups in total. The molecule has 1 aliphatic heterocycles. The number of benzene rings is 4. The first-order chi connectivity index (χ1) is 21.1. The van der Waals surface area contributed by atoms with Gasteiger partial charge in [-0.05, 0) is 61.6 Å². The van der Waals surface area contributed by atoms with E-state index < -0.39 is 35.9 Å². The zero-order valence-electron chi connectivity index (χ0n) is 25.9. The van der Waals surface area contributed by atoms with E-state index in [0.717, 1.165) is 27.8 Å². The molecule has 0 spiro atoms. The van der Waals surface area contributed by atoms with Crippen LogP contribution < -0.4 is 9.47 Å². The van der Waals surface area contributed by atoms with Crippen LogP contribution in [0.3, 0.4) is 0 Å². The third-order valence-electron chi connectivity index (χ3n) is 7.48. The minimum atomic E-state index is -0.954. The summed E-state index contributed by atoms with van der Waals surface area (Å²) in [7, 11) is 1.61. The number of morpholine rings is 1. The number of rotatable bonds is 8. The molecule has 1 heterocycles. The molecule has 0 aromatic heterocycles. The van der Waals surface area contributed by atoms with E-state index in [2.05, 4.69) is 0 Å². The van der Waals surface area contributed by atoms with Crippen molar-refractivity contribution in [1.82, 2.24) is 4.90 Å². The van der Waals surface area contributed by atoms with Crippen molar-refractivity contribution in [3.05, 3.63) is 131 Å². The molecule has 0 saturated carbocycles. The van der Waals surface area contributed by atoms with Crippen molar-refractivity contribution in [2.75, 3.05) is 7.11 Å². The van der Waals surface area contributed by atoms with Gasteiger partial charge in [0, 0.05) is 6.42 Å². The number of hydrogen-bond acceptors (Lipinski definition) is 6. The van der Waals surface area contributed by atoms with Crippen LogP contribution in [-0.4, -0.2) is 35.7 Å². The van der Waals surface area contributed by atoms with Crippen molar-refractivity contribution in [2.24, 2.45) is 0 Å². The lowest BCUT2D eigenvalue weighted by molar-refractivity contribution is -0.174. The average molecular weight is 594 g/mol. The van der Waals surface area contributed by atoms with E-state index in [9.17, 15) is 9.59 Å². The van der Waals surface area contributed by atoms with Gasteiger partial charge in [0.1, 0.15) is 24.3 Å². The van der Waals surface area contributed by atoms with Crippen LogP contribution in [0.25, 0.3) is 0 Å². The normalized spacial score (nSPS) is 18.3. The molecule has 1 amide bonds. The fraction of sp³-hybridized carbons (Fsp3) is 0.297. The highest BCUT2D eigenvalue weighted by molar-refractivity contribution is 5.84. The Labute approximate surface area is 259 Å². The third kappa shape index (κ3) is 7.05. The van der Waals surface area contributed by atoms with Crippen molar-refractivity contribution in [3.8, 4) is 11.5 Å². The maximum atomic E-state index is 14.1. The number of carbonyl (C=O) groups is 2. The van der Waals surface area contributed by atoms with Gasteiger partial charge >= 0.3 is 12.1 Å². The minimum absolute atomic E-state index is 0.190. The van der Waals surface area contributed by atoms with Crippen LogP contribution in [0.5, 0.6) is 11.5 Å². The highest BCUT2D eigenvalue weighted by atomic mass is 16.6. The second kappa shape index (κ2) is 13.2. The lowest BCUT2D eigenvalue weighted by Gasteiger charge is -2.45. The van der Waals surface area contributed by atoms with Gasteiger partial charge in [0.25, 0.3) is 0 Å². The number of nitrogens with zero attached hydrogens (tertiary/aromatic N) is 1. The Morgan fingerprint density at radius 3 is 2.02 bits per heavy atom. The number of methoxy groups -OCH3 is 1. The van der Waals surface area contributed by atoms with E-state index in [1.54, 1.807) is 12.0 Å². The van der Waals surface area contributed by atoms with E-state index in [0.29, 0.717) is 18.1 Å². The topological polar surface area (TPSA) is 74.3 Å². The first-order valence-corrected chi connectivity index (χ1v) is 14.8. The first kappa shape index (κ1) is 30.7. The smallest absolute Gasteiger partial charge is 0.411 e. The largest absolute Gasteiger partial charge is 0.493 e. The Kier molecular flexibility index (Phi) is 9.23. The molecule has 44 heavy (non-hydrogen) atoms. The highest BCUT2D eigenvalue weighted by Gasteiger charge is 2.49. The lowest BCUT2D eigenvalue weighted by atomic mass is 9.89. The molecule has 5 rings (SSSR count). The van der Waals surface area contributed by atoms with E-state index >= 15 is 0 Å². The fourth-order valence-electron chi connectivity index (χ4n) is 5.60. The van der Waals surface area contributed by atoms with Crippen LogP contribution in [0.15, 0.2) is 103 Å². The summed E-state index contributed by atoms with van der Waals surface area (Å²) >= 11 is 0. The van der Waals surface area contributed by atoms with Crippen LogP contribution in [0, 0.1) is 6.92 Å². The summed E-state index contributed by atoms with van der Waals surface area (Å²) in [6.07, 6.45) is -1.12. The van der Waals surface area contributed by atoms with Crippen molar-refractivity contribution in [2.45, 2.75) is 64.5 Å². The second-order valence-corrected chi connectivity index (χ2v) is 11.9. The number of amides is 1. The third-order valence-corrected chi connectivity index (χ3v) is 7.48. The van der Waals surface area contributed by atoms with Crippen molar-refractivity contribution >= 4 is 12.1 Å². The zero-order chi connectivity index (χ0) is 31.3. The molecular formula is C37H39NO6. The standard InChI is InChI=1S/C37H39NO6/c1-25-21-27(23-31(33(25)41-5)42-24-26-15-9-6-10-16-26)22-30-35(39)43-34(29-19-13-8-14-20-29)32(28-17-11-7-12-18-28)38(30)36(40)44-37(2,3)4/h6-21,23,30,32,34H,22,24H2,1-5H3/t30-,32-,34+/m0/s1. The maximum Gasteiger partial charge on any atom is 0.411 e. The average Bonchev–Trinajstić information content (AvgIpc) is 3.01. The molecule has 4 aromatic rings. The summed E-state index contributed by atoms with van der Waals surface area (Å²) < 4.78 is 24.0. The van der Waals surface area contributed by atoms with Crippen LogP contribution in [0.1, 0.15) is 60.7 Å². The van der Waals surface area contributed by atoms with Gasteiger partial charge in [-0.3, -0.25) is 4.90 Å². The van der Waals surface area contributed by atoms with Crippen LogP contribution in [-0.2, 0) is 27.3 Å². The molecule has 1 saturated heterocycles. The van der Waals surface area contributed by atoms with E-state index in [1.807, 2.05) is 131 Å². The summed E-state index contributed by atoms with van der Waals surface area (Å²) in [5.74, 6) is 0.671. The monoisotopic (exact) mass is 593 g/mol. The highest BCUT2D eigenvalue weighted by Crippen LogP contribution is 2.44. The van der Waals surface area contributed by atoms with E-state index in [1.165, 1.54) is 0 Å². The lowest BCUT2D eigenvalue weighted by Crippen LogP contribution is -2.56. The number of carbonyl (C=O) groups excluding carboxylic acids is 2. The molecule has 0 unspecified atom stereocenters. The Hall–Kier alpha value is -4.78. The molecule has 1 fully saturated rings. The molecule has 7 nitrogen and oxygen atoms in total. The number of esters is 1. The number of cyclic esters (lactones) is 1. The summed E-state index contributed by atoms with van der Waals surface area (Å²) in [6, 6.07) is 31.3. The molecule has 0 bridgehead atoms. The Morgan fingerprint density at radius 2 is 1.43 bits per heavy atom. The van der Waals surface area contributed by atoms with Gasteiger partial charge in [-0.25, -0.2) is 9.59 Å². The summed E-state index contributed by atoms with van der Waals surface area (Å²) in [5.41, 5.74) is 3.51. The molecule has 228 valence electrons. The molecule has 7 heteroatoms. The summed E-state index contributed by atoms with van der Waals surface area (Å²) in [6.45, 7) is 7.73. The SMILES string of the molecule is COc1c(C)cc(C[C@H]2C(=O)O[C@H](c3ccccc3)[C@H](c3ccccc3)N2C(=O)OC(C)(C)C)cc1OCc1ccccc1. The van der Waals surface area contributed by atoms with Gasteiger partial charge in [-0.1, -0.05) is 97.1 Å². The summed E-state index contributed by atoms with van der Waals surface area (Å²) in [4.78, 5) is 29.5. The quantitative estimate of drug-likeness (QED) is 0.194. The Morgan fingerprint density at radius 1 is 0.841 bits per heavy atom. The van der Waals surface area contributed by atoms with Crippen molar-refractivity contribution in [3.63, 3.8) is 0 Å². The maximum absolute atomic E-state index is 14.1. The second-order valence-electron chi connectivity index (χ2n) is 11.9. The molecule has 4 aromatic carbocycles. The van der Waals surface area contributed by atoms with Gasteiger partial charge in [0.05, 0.1) is 7.11 Å². The van der Waals surface area contributed by atoms with Gasteiger partial charge in [-0.15, -0.1) is 0 Å². The first-order valence-electron chi connectivity index (χ1n) is 14.8. The Balaban J connectivity index is 1.56. The predicted octanol–water partition coefficient (Wildman–Crippen LogP) is 7.77. The number of aryl methyl sites for hydroxylation is 1. The van der Waals surface area contributed by atoms with E-state index in [4.69, 9.17) is 18.9 Å². The zero-order valence-corrected chi connectivity index (χ0v) is 25.9. The fourth-order valence-corrected chi connectivity index (χ4v) is 5.60. The number of ether oxygens (including phenoxy) is 4. The molecule has 0 aliphatic carbocycles. The predicted molar refractivity (Wildman–Crippen MR) is 169 cm³/mol. The Bertz CT molecular complexity index is 1570.